The van der Waals surface area contributed by atoms with Crippen LogP contribution in [-0.4, -0.2) is 64.6 Å². The van der Waals surface area contributed by atoms with Crippen molar-refractivity contribution >= 4 is 38.1 Å². The summed E-state index contributed by atoms with van der Waals surface area (Å²) in [6.45, 7) is 0.930. The van der Waals surface area contributed by atoms with Crippen molar-refractivity contribution in [3.05, 3.63) is 83.4 Å². The van der Waals surface area contributed by atoms with Crippen LogP contribution in [0.1, 0.15) is 42.4 Å². The van der Waals surface area contributed by atoms with E-state index >= 15 is 0 Å². The Bertz CT molecular complexity index is 1650. The number of aromatic hydroxyl groups is 3. The minimum atomic E-state index is -0.556. The molecule has 5 N–H and O–H groups in total. The van der Waals surface area contributed by atoms with Crippen molar-refractivity contribution in [3.8, 4) is 34.1 Å². The van der Waals surface area contributed by atoms with Gasteiger partial charge in [-0.1, -0.05) is 58.0 Å². The average molecular weight is 664 g/mol. The van der Waals surface area contributed by atoms with Crippen LogP contribution in [0.4, 0.5) is 0 Å². The van der Waals surface area contributed by atoms with Crippen molar-refractivity contribution in [2.75, 3.05) is 26.1 Å². The normalized spacial score (nSPS) is 18.2. The number of nitrogens with one attached hydrogen (secondary N) is 1. The number of rotatable bonds is 7. The summed E-state index contributed by atoms with van der Waals surface area (Å²) < 4.78 is 11.8. The third-order valence-corrected chi connectivity index (χ3v) is 10.6. The van der Waals surface area contributed by atoms with Crippen molar-refractivity contribution in [2.45, 2.75) is 56.5 Å². The lowest BCUT2D eigenvalue weighted by Crippen LogP contribution is -2.28. The van der Waals surface area contributed by atoms with Gasteiger partial charge in [-0.3, -0.25) is 10.1 Å². The van der Waals surface area contributed by atoms with Crippen molar-refractivity contribution in [1.82, 2.24) is 5.32 Å². The van der Waals surface area contributed by atoms with Gasteiger partial charge in [0.1, 0.15) is 17.3 Å². The predicted octanol–water partition coefficient (Wildman–Crippen LogP) is 6.74. The van der Waals surface area contributed by atoms with Crippen LogP contribution in [0.2, 0.25) is 0 Å². The molecule has 1 aliphatic rings. The smallest absolute Gasteiger partial charge is 0.168 e. The Labute approximate surface area is 277 Å². The summed E-state index contributed by atoms with van der Waals surface area (Å²) in [5, 5.41) is 46.8. The molecule has 8 nitrogen and oxygen atoms in total. The van der Waals surface area contributed by atoms with Crippen LogP contribution in [0, 0.1) is 0 Å². The molecule has 0 bridgehead atoms. The maximum absolute atomic E-state index is 13.4. The van der Waals surface area contributed by atoms with Crippen LogP contribution in [0.15, 0.2) is 66.7 Å². The lowest BCUT2D eigenvalue weighted by molar-refractivity contribution is -0.122. The zero-order valence-corrected chi connectivity index (χ0v) is 27.5. The molecule has 0 saturated heterocycles. The molecule has 0 fully saturated rings. The quantitative estimate of drug-likeness (QED) is 0.0825. The number of aryl methyl sites for hydroxylation is 1. The number of carbonyl (C=O) groups is 1. The summed E-state index contributed by atoms with van der Waals surface area (Å²) in [4.78, 5) is 13.4. The molecule has 4 aromatic carbocycles. The highest BCUT2D eigenvalue weighted by Crippen LogP contribution is 2.45. The Balaban J connectivity index is 1.36. The molecule has 1 heterocycles. The fourth-order valence-corrected chi connectivity index (χ4v) is 8.13. The lowest BCUT2D eigenvalue weighted by Gasteiger charge is -2.22. The van der Waals surface area contributed by atoms with Gasteiger partial charge in [-0.15, -0.1) is 0 Å². The second-order valence-corrected chi connectivity index (χ2v) is 14.0. The lowest BCUT2D eigenvalue weighted by atomic mass is 9.89. The van der Waals surface area contributed by atoms with Gasteiger partial charge in [-0.25, -0.2) is 0 Å². The number of fused-ring (bicyclic) bond motifs is 5. The number of ketones is 1. The largest absolute Gasteiger partial charge is 0.508 e. The Hall–Kier alpha value is -3.41. The van der Waals surface area contributed by atoms with E-state index in [1.807, 2.05) is 36.4 Å². The van der Waals surface area contributed by atoms with Gasteiger partial charge < -0.3 is 29.9 Å². The number of Topliss-reactive ketones (excluding diaryl/α,β-unsaturated/α-hetero) is 1. The highest BCUT2D eigenvalue weighted by molar-refractivity contribution is 8.76. The average Bonchev–Trinajstić information content (AvgIpc) is 3.04. The van der Waals surface area contributed by atoms with E-state index in [4.69, 9.17) is 9.47 Å². The first-order valence-electron chi connectivity index (χ1n) is 15.5. The standard InChI is InChI=1S/C36H41NO7S2/c1-43-36-34(42)14-8-25-6-10-27(39)18-30(44-22-37-16-15-23-3-2-4-26(38)17-23)12-11-29(41)20-45-46-21-33-31(35(25)36)13-7-24-5-9-28(40)19-32(24)33/h2-5,7-9,13-14,17,19,29-30,37-38,40-42H,6,10-12,15-16,18,20-22H2,1H3/t29-,30+/m0/s1. The molecule has 4 aromatic rings. The Morgan fingerprint density at radius 1 is 0.935 bits per heavy atom. The molecule has 2 atom stereocenters. The number of aliphatic hydroxyl groups is 1. The molecule has 0 radical (unpaired) electrons. The minimum absolute atomic E-state index is 0.0131. The van der Waals surface area contributed by atoms with E-state index in [9.17, 15) is 25.2 Å². The second-order valence-electron chi connectivity index (χ2n) is 11.5. The van der Waals surface area contributed by atoms with Crippen molar-refractivity contribution in [2.24, 2.45) is 0 Å². The molecule has 0 saturated carbocycles. The zero-order chi connectivity index (χ0) is 32.5. The molecule has 244 valence electrons. The van der Waals surface area contributed by atoms with Gasteiger partial charge in [0.2, 0.25) is 0 Å². The number of hydrogen-bond acceptors (Lipinski definition) is 10. The molecule has 0 amide bonds. The van der Waals surface area contributed by atoms with Gasteiger partial charge >= 0.3 is 0 Å². The first kappa shape index (κ1) is 33.9. The summed E-state index contributed by atoms with van der Waals surface area (Å²) in [5.74, 6) is 1.92. The van der Waals surface area contributed by atoms with Crippen molar-refractivity contribution in [1.29, 1.82) is 0 Å². The molecule has 0 aromatic heterocycles. The van der Waals surface area contributed by atoms with Crippen LogP contribution in [-0.2, 0) is 28.1 Å². The van der Waals surface area contributed by atoms with Crippen LogP contribution in [0.5, 0.6) is 23.0 Å². The van der Waals surface area contributed by atoms with Crippen molar-refractivity contribution < 1.29 is 34.7 Å². The summed E-state index contributed by atoms with van der Waals surface area (Å²) in [7, 11) is 4.73. The maximum atomic E-state index is 13.4. The second kappa shape index (κ2) is 16.4. The highest BCUT2D eigenvalue weighted by atomic mass is 33.1. The van der Waals surface area contributed by atoms with Crippen molar-refractivity contribution in [3.63, 3.8) is 0 Å². The predicted molar refractivity (Wildman–Crippen MR) is 186 cm³/mol. The first-order chi connectivity index (χ1) is 22.3. The van der Waals surface area contributed by atoms with Gasteiger partial charge in [-0.05, 0) is 89.0 Å². The summed E-state index contributed by atoms with van der Waals surface area (Å²) in [5.41, 5.74) is 4.48. The summed E-state index contributed by atoms with van der Waals surface area (Å²) in [6.07, 6.45) is 1.86. The van der Waals surface area contributed by atoms with Crippen LogP contribution in [0.25, 0.3) is 21.9 Å². The van der Waals surface area contributed by atoms with Gasteiger partial charge in [-0.2, -0.15) is 0 Å². The number of methoxy groups -OCH3 is 1. The summed E-state index contributed by atoms with van der Waals surface area (Å²) in [6, 6.07) is 19.9. The number of carbonyl (C=O) groups excluding carboxylic acids is 1. The Kier molecular flexibility index (Phi) is 12.1. The SMILES string of the molecule is COc1c(O)ccc2c1-c1ccc3ccc(O)cc3c1CSSC[C@@H](O)CC[C@@H](OCNCCc1cccc(O)c1)CC(=O)CC2. The molecule has 5 rings (SSSR count). The highest BCUT2D eigenvalue weighted by Gasteiger charge is 2.23. The Morgan fingerprint density at radius 3 is 2.59 bits per heavy atom. The number of phenolic OH excluding ortho intramolecular Hbond substituents is 3. The van der Waals surface area contributed by atoms with E-state index in [2.05, 4.69) is 5.32 Å². The maximum Gasteiger partial charge on any atom is 0.168 e. The monoisotopic (exact) mass is 663 g/mol. The van der Waals surface area contributed by atoms with Crippen LogP contribution in [0.3, 0.4) is 0 Å². The fraction of sp³-hybridized carbons (Fsp3) is 0.361. The van der Waals surface area contributed by atoms with Gasteiger partial charge in [0, 0.05) is 36.5 Å². The molecular weight excluding hydrogens is 623 g/mol. The first-order valence-corrected chi connectivity index (χ1v) is 18.0. The minimum Gasteiger partial charge on any atom is -0.508 e. The molecule has 0 spiro atoms. The number of ether oxygens (including phenoxy) is 2. The van der Waals surface area contributed by atoms with E-state index in [0.29, 0.717) is 43.1 Å². The van der Waals surface area contributed by atoms with Gasteiger partial charge in [0.05, 0.1) is 26.0 Å². The topological polar surface area (TPSA) is 128 Å². The number of phenols is 3. The number of hydrogen-bond donors (Lipinski definition) is 5. The number of aliphatic hydroxyl groups excluding tert-OH is 1. The Morgan fingerprint density at radius 2 is 1.76 bits per heavy atom. The van der Waals surface area contributed by atoms with E-state index in [1.54, 1.807) is 51.9 Å². The molecule has 1 aliphatic heterocycles. The van der Waals surface area contributed by atoms with Crippen LogP contribution < -0.4 is 10.1 Å². The molecule has 0 unspecified atom stereocenters. The third-order valence-electron chi connectivity index (χ3n) is 8.23. The molecular formula is C36H41NO7S2. The third kappa shape index (κ3) is 8.89. The number of benzene rings is 4. The van der Waals surface area contributed by atoms with E-state index in [-0.39, 0.29) is 48.7 Å². The van der Waals surface area contributed by atoms with Gasteiger partial charge in [0.25, 0.3) is 0 Å². The van der Waals surface area contributed by atoms with Crippen LogP contribution >= 0.6 is 21.6 Å². The van der Waals surface area contributed by atoms with E-state index in [1.165, 1.54) is 7.11 Å². The van der Waals surface area contributed by atoms with Gasteiger partial charge in [0.15, 0.2) is 11.5 Å². The van der Waals surface area contributed by atoms with E-state index < -0.39 is 6.10 Å². The summed E-state index contributed by atoms with van der Waals surface area (Å²) >= 11 is 0. The fourth-order valence-electron chi connectivity index (χ4n) is 5.84. The van der Waals surface area contributed by atoms with E-state index in [0.717, 1.165) is 45.0 Å². The molecule has 0 aliphatic carbocycles. The zero-order valence-electron chi connectivity index (χ0n) is 25.9. The molecule has 10 heteroatoms. The molecule has 46 heavy (non-hydrogen) atoms.